The Morgan fingerprint density at radius 1 is 0.923 bits per heavy atom. The lowest BCUT2D eigenvalue weighted by Gasteiger charge is -2.39. The number of fused-ring (bicyclic) bond motifs is 14. The van der Waals surface area contributed by atoms with Gasteiger partial charge in [0, 0.05) is 5.92 Å². The van der Waals surface area contributed by atoms with Crippen molar-refractivity contribution in [3.05, 3.63) is 0 Å². The molecule has 0 radical (unpaired) electrons. The fourth-order valence-corrected chi connectivity index (χ4v) is 8.86. The van der Waals surface area contributed by atoms with E-state index in [1.807, 2.05) is 0 Å². The molecule has 0 spiro atoms. The summed E-state index contributed by atoms with van der Waals surface area (Å²) in [5.41, 5.74) is 0. The highest BCUT2D eigenvalue weighted by Crippen LogP contribution is 2.75. The smallest absolute Gasteiger partial charge is 0.317 e. The maximum atomic E-state index is 12.4. The van der Waals surface area contributed by atoms with E-state index in [2.05, 4.69) is 0 Å². The average molecular weight is 358 g/mol. The van der Waals surface area contributed by atoms with E-state index in [9.17, 15) is 19.2 Å². The zero-order valence-corrected chi connectivity index (χ0v) is 14.6. The van der Waals surface area contributed by atoms with Gasteiger partial charge < -0.3 is 14.3 Å². The number of cyclic esters (lactones) is 2. The number of carbonyl (C=O) groups is 4. The lowest BCUT2D eigenvalue weighted by molar-refractivity contribution is -0.155. The Bertz CT molecular complexity index is 745. The predicted molar refractivity (Wildman–Crippen MR) is 84.9 cm³/mol. The topological polar surface area (TPSA) is 86.7 Å². The van der Waals surface area contributed by atoms with Crippen LogP contribution in [0.25, 0.3) is 0 Å². The third-order valence-corrected chi connectivity index (χ3v) is 9.21. The maximum Gasteiger partial charge on any atom is 0.317 e. The monoisotopic (exact) mass is 358 g/mol. The van der Waals surface area contributed by atoms with Gasteiger partial charge in [-0.3, -0.25) is 14.4 Å². The SMILES string of the molecule is COC(=O)C1C(C=O)C2CC1C1C2CC2C3CC(C4C(=O)OC(=O)C34)C21. The molecule has 12 atom stereocenters. The first-order chi connectivity index (χ1) is 12.6. The minimum atomic E-state index is -0.326. The molecule has 6 nitrogen and oxygen atoms in total. The fraction of sp³-hybridized carbons (Fsp3) is 0.800. The normalized spacial score (nSPS) is 57.7. The predicted octanol–water partition coefficient (Wildman–Crippen LogP) is 1.07. The van der Waals surface area contributed by atoms with Gasteiger partial charge in [0.05, 0.1) is 24.9 Å². The van der Waals surface area contributed by atoms with Crippen molar-refractivity contribution < 1.29 is 28.7 Å². The second kappa shape index (κ2) is 4.76. The molecule has 1 saturated heterocycles. The highest BCUT2D eigenvalue weighted by Gasteiger charge is 2.74. The molecule has 0 aromatic heterocycles. The van der Waals surface area contributed by atoms with Crippen molar-refractivity contribution in [3.63, 3.8) is 0 Å². The van der Waals surface area contributed by atoms with Crippen LogP contribution in [0.5, 0.6) is 0 Å². The lowest BCUT2D eigenvalue weighted by Crippen LogP contribution is -2.42. The zero-order chi connectivity index (χ0) is 17.9. The molecular formula is C20H22O6. The second-order valence-corrected chi connectivity index (χ2v) is 9.40. The number of hydrogen-bond donors (Lipinski definition) is 0. The van der Waals surface area contributed by atoms with Gasteiger partial charge in [0.1, 0.15) is 6.29 Å². The van der Waals surface area contributed by atoms with Crippen LogP contribution < -0.4 is 0 Å². The largest absolute Gasteiger partial charge is 0.469 e. The number of methoxy groups -OCH3 is 1. The quantitative estimate of drug-likeness (QED) is 0.417. The van der Waals surface area contributed by atoms with E-state index < -0.39 is 0 Å². The molecule has 0 amide bonds. The van der Waals surface area contributed by atoms with Crippen LogP contribution >= 0.6 is 0 Å². The first-order valence-corrected chi connectivity index (χ1v) is 9.85. The van der Waals surface area contributed by atoms with Gasteiger partial charge in [0.15, 0.2) is 0 Å². The number of aldehydes is 1. The molecule has 5 aliphatic carbocycles. The van der Waals surface area contributed by atoms with Crippen molar-refractivity contribution in [2.75, 3.05) is 7.11 Å². The Balaban J connectivity index is 1.37. The van der Waals surface area contributed by atoms with Crippen LogP contribution in [0.3, 0.4) is 0 Å². The molecule has 1 aliphatic heterocycles. The molecule has 6 heteroatoms. The molecule has 26 heavy (non-hydrogen) atoms. The lowest BCUT2D eigenvalue weighted by atomic mass is 9.63. The number of esters is 3. The Labute approximate surface area is 151 Å². The van der Waals surface area contributed by atoms with Crippen LogP contribution in [0, 0.1) is 71.0 Å². The van der Waals surface area contributed by atoms with Crippen molar-refractivity contribution in [3.8, 4) is 0 Å². The molecule has 0 aromatic rings. The zero-order valence-electron chi connectivity index (χ0n) is 14.6. The van der Waals surface area contributed by atoms with Gasteiger partial charge in [0.25, 0.3) is 0 Å². The standard InChI is InChI=1S/C20H22O6/c1-25-18(22)15-10-2-6(12(15)5-21)7-3-8-9-4-11(14(8)13(7)10)17-16(9)19(23)26-20(17)24/h5-17H,2-4H2,1H3. The van der Waals surface area contributed by atoms with E-state index >= 15 is 0 Å². The van der Waals surface area contributed by atoms with Crippen molar-refractivity contribution in [2.45, 2.75) is 19.3 Å². The van der Waals surface area contributed by atoms with Gasteiger partial charge in [-0.1, -0.05) is 0 Å². The summed E-state index contributed by atoms with van der Waals surface area (Å²) < 4.78 is 9.99. The molecular weight excluding hydrogens is 336 g/mol. The summed E-state index contributed by atoms with van der Waals surface area (Å²) in [6.07, 6.45) is 3.89. The average Bonchev–Trinajstić information content (AvgIpc) is 3.40. The molecule has 4 bridgehead atoms. The third-order valence-electron chi connectivity index (χ3n) is 9.21. The molecule has 1 heterocycles. The van der Waals surface area contributed by atoms with Crippen molar-refractivity contribution >= 4 is 24.2 Å². The summed E-state index contributed by atoms with van der Waals surface area (Å²) in [5, 5.41) is 0. The van der Waals surface area contributed by atoms with Gasteiger partial charge >= 0.3 is 17.9 Å². The molecule has 6 aliphatic rings. The van der Waals surface area contributed by atoms with E-state index in [0.29, 0.717) is 23.7 Å². The van der Waals surface area contributed by atoms with E-state index in [-0.39, 0.29) is 65.3 Å². The molecule has 6 rings (SSSR count). The fourth-order valence-electron chi connectivity index (χ4n) is 8.86. The van der Waals surface area contributed by atoms with E-state index in [4.69, 9.17) is 9.47 Å². The Morgan fingerprint density at radius 3 is 2.19 bits per heavy atom. The van der Waals surface area contributed by atoms with Crippen LogP contribution in [0.15, 0.2) is 0 Å². The van der Waals surface area contributed by atoms with Crippen LogP contribution in [0.4, 0.5) is 0 Å². The highest BCUT2D eigenvalue weighted by molar-refractivity contribution is 5.97. The number of carbonyl (C=O) groups excluding carboxylic acids is 4. The number of hydrogen-bond acceptors (Lipinski definition) is 6. The molecule has 12 unspecified atom stereocenters. The minimum absolute atomic E-state index is 0.188. The summed E-state index contributed by atoms with van der Waals surface area (Å²) in [7, 11) is 1.40. The molecule has 5 saturated carbocycles. The molecule has 0 N–H and O–H groups in total. The van der Waals surface area contributed by atoms with Gasteiger partial charge in [-0.25, -0.2) is 0 Å². The van der Waals surface area contributed by atoms with Gasteiger partial charge in [-0.05, 0) is 66.6 Å². The summed E-state index contributed by atoms with van der Waals surface area (Å²) in [6.45, 7) is 0. The van der Waals surface area contributed by atoms with Crippen molar-refractivity contribution in [2.24, 2.45) is 71.0 Å². The Morgan fingerprint density at radius 2 is 1.50 bits per heavy atom. The molecule has 138 valence electrons. The first kappa shape index (κ1) is 15.3. The van der Waals surface area contributed by atoms with Crippen molar-refractivity contribution in [1.29, 1.82) is 0 Å². The van der Waals surface area contributed by atoms with Crippen LogP contribution in [-0.4, -0.2) is 31.3 Å². The Hall–Kier alpha value is -1.72. The second-order valence-electron chi connectivity index (χ2n) is 9.40. The summed E-state index contributed by atoms with van der Waals surface area (Å²) in [6, 6.07) is 0. The minimum Gasteiger partial charge on any atom is -0.469 e. The van der Waals surface area contributed by atoms with Crippen LogP contribution in [-0.2, 0) is 28.7 Å². The van der Waals surface area contributed by atoms with Crippen LogP contribution in [0.2, 0.25) is 0 Å². The summed E-state index contributed by atoms with van der Waals surface area (Å²) >= 11 is 0. The third kappa shape index (κ3) is 1.49. The number of rotatable bonds is 2. The van der Waals surface area contributed by atoms with Gasteiger partial charge in [-0.2, -0.15) is 0 Å². The van der Waals surface area contributed by atoms with E-state index in [1.54, 1.807) is 0 Å². The summed E-state index contributed by atoms with van der Waals surface area (Å²) in [4.78, 5) is 48.5. The van der Waals surface area contributed by atoms with Gasteiger partial charge in [-0.15, -0.1) is 0 Å². The summed E-state index contributed by atoms with van der Waals surface area (Å²) in [5.74, 6) is 0.688. The van der Waals surface area contributed by atoms with E-state index in [0.717, 1.165) is 25.5 Å². The molecule has 0 aromatic carbocycles. The van der Waals surface area contributed by atoms with Crippen LogP contribution in [0.1, 0.15) is 19.3 Å². The first-order valence-electron chi connectivity index (χ1n) is 9.85. The maximum absolute atomic E-state index is 12.4. The van der Waals surface area contributed by atoms with Crippen molar-refractivity contribution in [1.82, 2.24) is 0 Å². The number of ether oxygens (including phenoxy) is 2. The highest BCUT2D eigenvalue weighted by atomic mass is 16.6. The van der Waals surface area contributed by atoms with Gasteiger partial charge in [0.2, 0.25) is 0 Å². The Kier molecular flexibility index (Phi) is 2.81. The molecule has 6 fully saturated rings. The van der Waals surface area contributed by atoms with E-state index in [1.165, 1.54) is 7.11 Å².